The molecule has 0 radical (unpaired) electrons. The van der Waals surface area contributed by atoms with Gasteiger partial charge in [-0.15, -0.1) is 6.58 Å². The highest BCUT2D eigenvalue weighted by Crippen LogP contribution is 2.18. The van der Waals surface area contributed by atoms with E-state index in [1.807, 2.05) is 12.1 Å². The molecule has 0 bridgehead atoms. The van der Waals surface area contributed by atoms with Crippen molar-refractivity contribution in [3.63, 3.8) is 0 Å². The maximum atomic E-state index is 6.58. The first-order chi connectivity index (χ1) is 8.09. The van der Waals surface area contributed by atoms with Crippen molar-refractivity contribution in [2.75, 3.05) is 0 Å². The smallest absolute Gasteiger partial charge is 0.127 e. The fraction of sp³-hybridized carbons (Fsp3) is 0.429. The third kappa shape index (κ3) is 4.85. The molecule has 2 unspecified atom stereocenters. The van der Waals surface area contributed by atoms with Crippen LogP contribution in [-0.2, 0) is 6.04 Å². The number of hydrogen-bond acceptors (Lipinski definition) is 2. The van der Waals surface area contributed by atoms with Crippen molar-refractivity contribution >= 4 is 8.24 Å². The summed E-state index contributed by atoms with van der Waals surface area (Å²) in [7, 11) is -1.67. The van der Waals surface area contributed by atoms with Crippen LogP contribution >= 0.6 is 0 Å². The van der Waals surface area contributed by atoms with E-state index in [1.54, 1.807) is 0 Å². The van der Waals surface area contributed by atoms with E-state index in [9.17, 15) is 0 Å². The van der Waals surface area contributed by atoms with Gasteiger partial charge in [0.25, 0.3) is 0 Å². The summed E-state index contributed by atoms with van der Waals surface area (Å²) < 4.78 is 0. The van der Waals surface area contributed by atoms with Crippen molar-refractivity contribution in [2.24, 2.45) is 11.1 Å². The lowest BCUT2D eigenvalue weighted by Crippen LogP contribution is -2.48. The standard InChI is InChI=1S/C14H24N2Si/c1-3-14(15)10-11-17(16,4-2)12-13-8-6-5-7-9-13/h3,5-9,14H,1,4,10-12,15-16H2,2H3. The Kier molecular flexibility index (Phi) is 5.61. The zero-order valence-corrected chi connectivity index (χ0v) is 11.7. The lowest BCUT2D eigenvalue weighted by molar-refractivity contribution is 0.766. The zero-order chi connectivity index (χ0) is 12.7. The molecular weight excluding hydrogens is 224 g/mol. The molecule has 3 heteroatoms. The highest BCUT2D eigenvalue weighted by atomic mass is 28.3. The Bertz CT molecular complexity index is 339. The van der Waals surface area contributed by atoms with Crippen molar-refractivity contribution in [1.82, 2.24) is 0 Å². The topological polar surface area (TPSA) is 52.0 Å². The molecule has 0 aliphatic carbocycles. The maximum Gasteiger partial charge on any atom is 0.127 e. The second-order valence-electron chi connectivity index (χ2n) is 4.82. The number of rotatable bonds is 7. The van der Waals surface area contributed by atoms with Gasteiger partial charge in [0.1, 0.15) is 8.24 Å². The van der Waals surface area contributed by atoms with Gasteiger partial charge in [0.05, 0.1) is 0 Å². The minimum Gasteiger partial charge on any atom is -0.350 e. The van der Waals surface area contributed by atoms with Crippen LogP contribution in [0.25, 0.3) is 0 Å². The minimum absolute atomic E-state index is 0.0905. The molecule has 0 aliphatic heterocycles. The Labute approximate surface area is 106 Å². The summed E-state index contributed by atoms with van der Waals surface area (Å²) in [5.41, 5.74) is 7.23. The summed E-state index contributed by atoms with van der Waals surface area (Å²) in [5, 5.41) is 6.58. The van der Waals surface area contributed by atoms with Gasteiger partial charge in [0, 0.05) is 6.04 Å². The maximum absolute atomic E-state index is 6.58. The van der Waals surface area contributed by atoms with Crippen LogP contribution in [0.15, 0.2) is 43.0 Å². The summed E-state index contributed by atoms with van der Waals surface area (Å²) in [5.74, 6) is 0. The molecule has 0 saturated carbocycles. The summed E-state index contributed by atoms with van der Waals surface area (Å²) in [6.07, 6.45) is 2.78. The van der Waals surface area contributed by atoms with Crippen LogP contribution in [0.5, 0.6) is 0 Å². The molecule has 94 valence electrons. The normalized spacial score (nSPS) is 16.2. The van der Waals surface area contributed by atoms with Crippen LogP contribution in [0.2, 0.25) is 12.1 Å². The predicted molar refractivity (Wildman–Crippen MR) is 78.2 cm³/mol. The van der Waals surface area contributed by atoms with Crippen LogP contribution < -0.4 is 11.1 Å². The Hall–Kier alpha value is -0.903. The van der Waals surface area contributed by atoms with Gasteiger partial charge < -0.3 is 11.1 Å². The van der Waals surface area contributed by atoms with Crippen LogP contribution in [-0.4, -0.2) is 14.3 Å². The van der Waals surface area contributed by atoms with E-state index in [0.717, 1.165) is 24.6 Å². The predicted octanol–water partition coefficient (Wildman–Crippen LogP) is 2.60. The average molecular weight is 248 g/mol. The number of nitrogens with two attached hydrogens (primary N) is 2. The highest BCUT2D eigenvalue weighted by molar-refractivity contribution is 6.76. The first kappa shape index (κ1) is 14.2. The second-order valence-corrected chi connectivity index (χ2v) is 9.10. The highest BCUT2D eigenvalue weighted by Gasteiger charge is 2.26. The number of benzene rings is 1. The van der Waals surface area contributed by atoms with Crippen molar-refractivity contribution < 1.29 is 0 Å². The molecule has 1 rings (SSSR count). The quantitative estimate of drug-likeness (QED) is 0.575. The molecule has 2 atom stereocenters. The molecule has 0 aromatic heterocycles. The molecule has 1 aromatic carbocycles. The Morgan fingerprint density at radius 1 is 1.35 bits per heavy atom. The van der Waals surface area contributed by atoms with Crippen molar-refractivity contribution in [3.05, 3.63) is 48.6 Å². The lowest BCUT2D eigenvalue weighted by Gasteiger charge is -2.26. The van der Waals surface area contributed by atoms with E-state index in [2.05, 4.69) is 37.8 Å². The van der Waals surface area contributed by atoms with Gasteiger partial charge in [-0.1, -0.05) is 43.3 Å². The van der Waals surface area contributed by atoms with Crippen LogP contribution in [0.4, 0.5) is 0 Å². The fourth-order valence-electron chi connectivity index (χ4n) is 1.96. The zero-order valence-electron chi connectivity index (χ0n) is 10.7. The third-order valence-corrected chi connectivity index (χ3v) is 7.19. The largest absolute Gasteiger partial charge is 0.350 e. The van der Waals surface area contributed by atoms with Crippen LogP contribution in [0, 0.1) is 0 Å². The first-order valence-corrected chi connectivity index (χ1v) is 9.00. The summed E-state index contributed by atoms with van der Waals surface area (Å²) >= 11 is 0. The first-order valence-electron chi connectivity index (χ1n) is 6.30. The van der Waals surface area contributed by atoms with E-state index < -0.39 is 8.24 Å². The van der Waals surface area contributed by atoms with Gasteiger partial charge in [-0.2, -0.15) is 0 Å². The third-order valence-electron chi connectivity index (χ3n) is 3.38. The van der Waals surface area contributed by atoms with E-state index >= 15 is 0 Å². The van der Waals surface area contributed by atoms with E-state index in [0.29, 0.717) is 0 Å². The van der Waals surface area contributed by atoms with Gasteiger partial charge in [-0.25, -0.2) is 0 Å². The summed E-state index contributed by atoms with van der Waals surface area (Å²) in [6, 6.07) is 13.8. The summed E-state index contributed by atoms with van der Waals surface area (Å²) in [6.45, 7) is 5.92. The molecule has 0 spiro atoms. The molecule has 0 saturated heterocycles. The van der Waals surface area contributed by atoms with Gasteiger partial charge in [-0.3, -0.25) is 0 Å². The average Bonchev–Trinajstić information content (AvgIpc) is 2.37. The SMILES string of the molecule is C=CC(N)CC[Si](N)(CC)Cc1ccccc1. The van der Waals surface area contributed by atoms with Gasteiger partial charge in [0.15, 0.2) is 0 Å². The van der Waals surface area contributed by atoms with Crippen molar-refractivity contribution in [2.45, 2.75) is 37.5 Å². The second kappa shape index (κ2) is 6.74. The van der Waals surface area contributed by atoms with Crippen LogP contribution in [0.3, 0.4) is 0 Å². The molecule has 17 heavy (non-hydrogen) atoms. The molecular formula is C14H24N2Si. The Morgan fingerprint density at radius 3 is 2.53 bits per heavy atom. The Balaban J connectivity index is 2.59. The van der Waals surface area contributed by atoms with Gasteiger partial charge in [0.2, 0.25) is 0 Å². The van der Waals surface area contributed by atoms with Gasteiger partial charge in [-0.05, 0) is 30.1 Å². The molecule has 1 aromatic rings. The number of hydrogen-bond donors (Lipinski definition) is 2. The van der Waals surface area contributed by atoms with E-state index in [4.69, 9.17) is 11.1 Å². The van der Waals surface area contributed by atoms with Crippen LogP contribution in [0.1, 0.15) is 18.9 Å². The minimum atomic E-state index is -1.67. The van der Waals surface area contributed by atoms with Crippen molar-refractivity contribution in [1.29, 1.82) is 0 Å². The van der Waals surface area contributed by atoms with Crippen molar-refractivity contribution in [3.8, 4) is 0 Å². The molecule has 0 fully saturated rings. The lowest BCUT2D eigenvalue weighted by atomic mass is 10.2. The monoisotopic (exact) mass is 248 g/mol. The summed E-state index contributed by atoms with van der Waals surface area (Å²) in [4.78, 5) is 0. The molecule has 2 nitrogen and oxygen atoms in total. The molecule has 0 heterocycles. The molecule has 4 N–H and O–H groups in total. The molecule has 0 amide bonds. The van der Waals surface area contributed by atoms with Gasteiger partial charge >= 0.3 is 0 Å². The van der Waals surface area contributed by atoms with E-state index in [1.165, 1.54) is 5.56 Å². The van der Waals surface area contributed by atoms with E-state index in [-0.39, 0.29) is 6.04 Å². The Morgan fingerprint density at radius 2 is 2.00 bits per heavy atom. The molecule has 0 aliphatic rings. The fourth-order valence-corrected chi connectivity index (χ4v) is 4.70.